The molecule has 0 aromatic rings. The fourth-order valence-electron chi connectivity index (χ4n) is 3.62. The van der Waals surface area contributed by atoms with Crippen molar-refractivity contribution in [3.05, 3.63) is 0 Å². The molecule has 0 saturated heterocycles. The van der Waals surface area contributed by atoms with Gasteiger partial charge in [0.2, 0.25) is 0 Å². The Hall–Kier alpha value is 0.217. The Kier molecular flexibility index (Phi) is 4.30. The lowest BCUT2D eigenvalue weighted by atomic mass is 9.70. The summed E-state index contributed by atoms with van der Waals surface area (Å²) in [7, 11) is 3.68. The van der Waals surface area contributed by atoms with Gasteiger partial charge in [-0.15, -0.1) is 0 Å². The Bertz CT molecular complexity index is 174. The lowest BCUT2D eigenvalue weighted by Gasteiger charge is -2.37. The van der Waals surface area contributed by atoms with Crippen LogP contribution in [0.4, 0.5) is 0 Å². The van der Waals surface area contributed by atoms with Crippen molar-refractivity contribution in [3.63, 3.8) is 0 Å². The molecule has 2 aliphatic carbocycles. The summed E-state index contributed by atoms with van der Waals surface area (Å²) in [5.74, 6) is 4.18. The van der Waals surface area contributed by atoms with E-state index in [-0.39, 0.29) is 0 Å². The fraction of sp³-hybridized carbons (Fsp3) is 1.00. The molecule has 85 valence electrons. The minimum atomic E-state index is 0.987. The van der Waals surface area contributed by atoms with E-state index in [2.05, 4.69) is 17.2 Å². The van der Waals surface area contributed by atoms with Gasteiger partial charge in [0.1, 0.15) is 0 Å². The molecule has 0 heterocycles. The van der Waals surface area contributed by atoms with Crippen LogP contribution in [0.2, 0.25) is 6.04 Å². The largest absolute Gasteiger partial charge is 0.0625 e. The molecule has 0 N–H and O–H groups in total. The minimum Gasteiger partial charge on any atom is -0.0625 e. The highest BCUT2D eigenvalue weighted by Gasteiger charge is 2.29. The van der Waals surface area contributed by atoms with Gasteiger partial charge in [-0.05, 0) is 49.4 Å². The SMILES string of the molecule is CC1CCC(C2CCC(C[Si])CC2)CC1. The highest BCUT2D eigenvalue weighted by Crippen LogP contribution is 2.41. The monoisotopic (exact) mass is 221 g/mol. The molecule has 2 saturated carbocycles. The van der Waals surface area contributed by atoms with Gasteiger partial charge in [-0.25, -0.2) is 0 Å². The van der Waals surface area contributed by atoms with E-state index in [1.165, 1.54) is 57.4 Å². The lowest BCUT2D eigenvalue weighted by Crippen LogP contribution is -2.25. The topological polar surface area (TPSA) is 0 Å². The van der Waals surface area contributed by atoms with Crippen LogP contribution in [0.25, 0.3) is 0 Å². The van der Waals surface area contributed by atoms with Gasteiger partial charge in [-0.1, -0.05) is 38.7 Å². The van der Waals surface area contributed by atoms with Crippen molar-refractivity contribution < 1.29 is 0 Å². The van der Waals surface area contributed by atoms with Crippen molar-refractivity contribution in [1.82, 2.24) is 0 Å². The van der Waals surface area contributed by atoms with Crippen LogP contribution in [0, 0.1) is 23.7 Å². The summed E-state index contributed by atoms with van der Waals surface area (Å²) in [4.78, 5) is 0. The average molecular weight is 221 g/mol. The zero-order chi connectivity index (χ0) is 10.7. The molecule has 3 radical (unpaired) electrons. The van der Waals surface area contributed by atoms with E-state index in [1.807, 2.05) is 0 Å². The van der Waals surface area contributed by atoms with Crippen LogP contribution in [-0.4, -0.2) is 10.2 Å². The van der Waals surface area contributed by atoms with E-state index in [0.29, 0.717) is 0 Å². The molecule has 1 heteroatoms. The lowest BCUT2D eigenvalue weighted by molar-refractivity contribution is 0.155. The number of rotatable bonds is 2. The normalized spacial score (nSPS) is 42.8. The third-order valence-corrected chi connectivity index (χ3v) is 5.48. The first kappa shape index (κ1) is 11.7. The van der Waals surface area contributed by atoms with Crippen LogP contribution >= 0.6 is 0 Å². The van der Waals surface area contributed by atoms with Crippen LogP contribution in [0.1, 0.15) is 58.3 Å². The third-order valence-electron chi connectivity index (χ3n) is 4.91. The predicted molar refractivity (Wildman–Crippen MR) is 67.1 cm³/mol. The molecule has 0 atom stereocenters. The molecule has 0 aromatic heterocycles. The third kappa shape index (κ3) is 3.09. The summed E-state index contributed by atoms with van der Waals surface area (Å²) >= 11 is 0. The van der Waals surface area contributed by atoms with E-state index in [4.69, 9.17) is 0 Å². The van der Waals surface area contributed by atoms with Gasteiger partial charge in [0.25, 0.3) is 0 Å². The molecule has 0 amide bonds. The molecule has 0 nitrogen and oxygen atoms in total. The minimum absolute atomic E-state index is 0.987. The van der Waals surface area contributed by atoms with Gasteiger partial charge in [-0.2, -0.15) is 0 Å². The Morgan fingerprint density at radius 3 is 1.73 bits per heavy atom. The number of hydrogen-bond donors (Lipinski definition) is 0. The summed E-state index contributed by atoms with van der Waals surface area (Å²) in [6, 6.07) is 1.23. The Morgan fingerprint density at radius 1 is 0.800 bits per heavy atom. The van der Waals surface area contributed by atoms with Gasteiger partial charge < -0.3 is 0 Å². The zero-order valence-corrected chi connectivity index (χ0v) is 11.2. The summed E-state index contributed by atoms with van der Waals surface area (Å²) in [5.41, 5.74) is 0. The molecule has 0 spiro atoms. The molecule has 2 rings (SSSR count). The molecule has 2 aliphatic rings. The summed E-state index contributed by atoms with van der Waals surface area (Å²) in [5, 5.41) is 0. The van der Waals surface area contributed by atoms with Gasteiger partial charge in [-0.3, -0.25) is 0 Å². The molecule has 0 unspecified atom stereocenters. The van der Waals surface area contributed by atoms with Crippen molar-refractivity contribution in [2.24, 2.45) is 23.7 Å². The standard InChI is InChI=1S/C14H25Si/c1-11-2-6-13(7-3-11)14-8-4-12(10-15)5-9-14/h11-14H,2-10H2,1H3. The highest BCUT2D eigenvalue weighted by molar-refractivity contribution is 6.08. The summed E-state index contributed by atoms with van der Waals surface area (Å²) in [6.45, 7) is 2.43. The molecule has 0 aliphatic heterocycles. The quantitative estimate of drug-likeness (QED) is 0.613. The summed E-state index contributed by atoms with van der Waals surface area (Å²) < 4.78 is 0. The second-order valence-corrected chi connectivity index (χ2v) is 6.41. The van der Waals surface area contributed by atoms with E-state index in [0.717, 1.165) is 23.7 Å². The predicted octanol–water partition coefficient (Wildman–Crippen LogP) is 4.21. The first-order valence-electron chi connectivity index (χ1n) is 6.94. The fourth-order valence-corrected chi connectivity index (χ4v) is 4.03. The molecule has 15 heavy (non-hydrogen) atoms. The Balaban J connectivity index is 1.75. The van der Waals surface area contributed by atoms with Crippen LogP contribution in [0.3, 0.4) is 0 Å². The number of hydrogen-bond acceptors (Lipinski definition) is 0. The van der Waals surface area contributed by atoms with Gasteiger partial charge >= 0.3 is 0 Å². The van der Waals surface area contributed by atoms with Crippen molar-refractivity contribution >= 4 is 10.2 Å². The molecule has 2 fully saturated rings. The first-order chi connectivity index (χ1) is 7.29. The maximum absolute atomic E-state index is 3.68. The van der Waals surface area contributed by atoms with E-state index < -0.39 is 0 Å². The second kappa shape index (κ2) is 5.52. The van der Waals surface area contributed by atoms with E-state index in [9.17, 15) is 0 Å². The van der Waals surface area contributed by atoms with Crippen molar-refractivity contribution in [2.75, 3.05) is 0 Å². The smallest absolute Gasteiger partial charge is 0.0225 e. The van der Waals surface area contributed by atoms with Crippen molar-refractivity contribution in [1.29, 1.82) is 0 Å². The van der Waals surface area contributed by atoms with Crippen LogP contribution in [0.5, 0.6) is 0 Å². The second-order valence-electron chi connectivity index (χ2n) is 6.00. The molecule has 0 bridgehead atoms. The van der Waals surface area contributed by atoms with Crippen LogP contribution in [-0.2, 0) is 0 Å². The van der Waals surface area contributed by atoms with Crippen molar-refractivity contribution in [2.45, 2.75) is 64.3 Å². The van der Waals surface area contributed by atoms with Gasteiger partial charge in [0, 0.05) is 10.2 Å². The van der Waals surface area contributed by atoms with Crippen LogP contribution < -0.4 is 0 Å². The molecule has 0 aromatic carbocycles. The average Bonchev–Trinajstić information content (AvgIpc) is 2.30. The van der Waals surface area contributed by atoms with Gasteiger partial charge in [0.05, 0.1) is 0 Å². The Morgan fingerprint density at radius 2 is 1.27 bits per heavy atom. The zero-order valence-electron chi connectivity index (χ0n) is 10.2. The van der Waals surface area contributed by atoms with Gasteiger partial charge in [0.15, 0.2) is 0 Å². The van der Waals surface area contributed by atoms with Crippen molar-refractivity contribution in [3.8, 4) is 0 Å². The highest BCUT2D eigenvalue weighted by atomic mass is 28.1. The first-order valence-corrected chi connectivity index (χ1v) is 7.65. The van der Waals surface area contributed by atoms with E-state index >= 15 is 0 Å². The molecular weight excluding hydrogens is 196 g/mol. The maximum atomic E-state index is 3.68. The maximum Gasteiger partial charge on any atom is 0.0225 e. The Labute approximate surface area is 98.6 Å². The van der Waals surface area contributed by atoms with E-state index in [1.54, 1.807) is 0 Å². The summed E-state index contributed by atoms with van der Waals surface area (Å²) in [6.07, 6.45) is 12.1. The molecular formula is C14H25Si. The van der Waals surface area contributed by atoms with Crippen LogP contribution in [0.15, 0.2) is 0 Å².